The number of aryl methyl sites for hydroxylation is 1. The molecule has 3 N–H and O–H groups in total. The van der Waals surface area contributed by atoms with Crippen LogP contribution in [0, 0.1) is 0 Å². The average Bonchev–Trinajstić information content (AvgIpc) is 2.92. The predicted octanol–water partition coefficient (Wildman–Crippen LogP) is 4.54. The fourth-order valence-corrected chi connectivity index (χ4v) is 3.21. The maximum absolute atomic E-state index is 5.98. The monoisotopic (exact) mass is 302 g/mol. The Morgan fingerprint density at radius 2 is 1.74 bits per heavy atom. The van der Waals surface area contributed by atoms with Gasteiger partial charge in [-0.1, -0.05) is 30.3 Å². The summed E-state index contributed by atoms with van der Waals surface area (Å²) in [4.78, 5) is 4.15. The minimum absolute atomic E-state index is 0.503. The molecule has 0 amide bonds. The van der Waals surface area contributed by atoms with Crippen LogP contribution >= 0.6 is 0 Å². The van der Waals surface area contributed by atoms with Crippen molar-refractivity contribution in [2.45, 2.75) is 13.5 Å². The molecule has 2 heterocycles. The molecule has 114 valence electrons. The zero-order valence-corrected chi connectivity index (χ0v) is 13.0. The summed E-state index contributed by atoms with van der Waals surface area (Å²) in [5.41, 5.74) is 10.3. The van der Waals surface area contributed by atoms with Crippen molar-refractivity contribution < 1.29 is 0 Å². The number of nitrogens with one attached hydrogen (secondary N) is 1. The van der Waals surface area contributed by atoms with Crippen LogP contribution in [0.5, 0.6) is 0 Å². The normalized spacial score (nSPS) is 11.2. The first kappa shape index (κ1) is 13.6. The molecule has 0 radical (unpaired) electrons. The number of nitrogen functional groups attached to an aromatic ring is 1. The van der Waals surface area contributed by atoms with Gasteiger partial charge in [0.15, 0.2) is 0 Å². The van der Waals surface area contributed by atoms with Crippen LogP contribution in [0.15, 0.2) is 60.8 Å². The number of anilines is 3. The molecule has 4 aromatic rings. The van der Waals surface area contributed by atoms with E-state index < -0.39 is 0 Å². The number of hydrogen-bond donors (Lipinski definition) is 2. The van der Waals surface area contributed by atoms with Crippen LogP contribution in [0.4, 0.5) is 17.2 Å². The summed E-state index contributed by atoms with van der Waals surface area (Å²) in [7, 11) is 0. The minimum atomic E-state index is 0.503. The largest absolute Gasteiger partial charge is 0.382 e. The van der Waals surface area contributed by atoms with E-state index >= 15 is 0 Å². The molecule has 4 rings (SSSR count). The SMILES string of the molecule is CCn1c2ccccc2c2cccc(Nc3cccnc3N)c21. The first-order chi connectivity index (χ1) is 11.3. The Morgan fingerprint density at radius 1 is 0.957 bits per heavy atom. The molecule has 0 bridgehead atoms. The van der Waals surface area contributed by atoms with Crippen molar-refractivity contribution in [1.29, 1.82) is 0 Å². The number of nitrogens with zero attached hydrogens (tertiary/aromatic N) is 2. The van der Waals surface area contributed by atoms with E-state index in [4.69, 9.17) is 5.73 Å². The third-order valence-electron chi connectivity index (χ3n) is 4.22. The topological polar surface area (TPSA) is 55.9 Å². The second-order valence-corrected chi connectivity index (χ2v) is 5.52. The zero-order valence-electron chi connectivity index (χ0n) is 13.0. The predicted molar refractivity (Wildman–Crippen MR) is 97.1 cm³/mol. The molecular weight excluding hydrogens is 284 g/mol. The molecule has 0 unspecified atom stereocenters. The molecule has 23 heavy (non-hydrogen) atoms. The van der Waals surface area contributed by atoms with Crippen LogP contribution in [0.1, 0.15) is 6.92 Å². The number of rotatable bonds is 3. The summed E-state index contributed by atoms with van der Waals surface area (Å²) >= 11 is 0. The highest BCUT2D eigenvalue weighted by Crippen LogP contribution is 2.35. The number of para-hydroxylation sites is 2. The molecule has 2 aromatic heterocycles. The molecule has 0 aliphatic rings. The molecule has 0 fully saturated rings. The fourth-order valence-electron chi connectivity index (χ4n) is 3.21. The summed E-state index contributed by atoms with van der Waals surface area (Å²) < 4.78 is 2.33. The lowest BCUT2D eigenvalue weighted by atomic mass is 10.1. The molecule has 4 heteroatoms. The molecule has 4 nitrogen and oxygen atoms in total. The summed E-state index contributed by atoms with van der Waals surface area (Å²) in [6.07, 6.45) is 1.70. The molecule has 0 saturated heterocycles. The van der Waals surface area contributed by atoms with E-state index in [1.54, 1.807) is 6.20 Å². The minimum Gasteiger partial charge on any atom is -0.382 e. The summed E-state index contributed by atoms with van der Waals surface area (Å²) in [5.74, 6) is 0.503. The van der Waals surface area contributed by atoms with Gasteiger partial charge in [0.1, 0.15) is 5.82 Å². The molecule has 0 saturated carbocycles. The van der Waals surface area contributed by atoms with Gasteiger partial charge in [0.25, 0.3) is 0 Å². The van der Waals surface area contributed by atoms with Gasteiger partial charge in [0.2, 0.25) is 0 Å². The highest BCUT2D eigenvalue weighted by molar-refractivity contribution is 6.12. The van der Waals surface area contributed by atoms with Crippen LogP contribution < -0.4 is 11.1 Å². The Bertz CT molecular complexity index is 1000. The average molecular weight is 302 g/mol. The second kappa shape index (κ2) is 5.32. The van der Waals surface area contributed by atoms with E-state index in [0.717, 1.165) is 17.9 Å². The summed E-state index contributed by atoms with van der Waals surface area (Å²) in [6, 6.07) is 18.7. The van der Waals surface area contributed by atoms with Crippen LogP contribution in [0.2, 0.25) is 0 Å². The lowest BCUT2D eigenvalue weighted by molar-refractivity contribution is 0.828. The number of pyridine rings is 1. The Hall–Kier alpha value is -3.01. The van der Waals surface area contributed by atoms with Crippen LogP contribution in [0.3, 0.4) is 0 Å². The Morgan fingerprint density at radius 3 is 2.57 bits per heavy atom. The Balaban J connectivity index is 1.99. The number of aromatic nitrogens is 2. The first-order valence-electron chi connectivity index (χ1n) is 7.77. The van der Waals surface area contributed by atoms with E-state index in [9.17, 15) is 0 Å². The molecular formula is C19H18N4. The van der Waals surface area contributed by atoms with Crippen LogP contribution in [-0.4, -0.2) is 9.55 Å². The zero-order chi connectivity index (χ0) is 15.8. The van der Waals surface area contributed by atoms with Crippen LogP contribution in [-0.2, 0) is 6.54 Å². The van der Waals surface area contributed by atoms with Crippen molar-refractivity contribution in [2.24, 2.45) is 0 Å². The third-order valence-corrected chi connectivity index (χ3v) is 4.22. The molecule has 2 aromatic carbocycles. The van der Waals surface area contributed by atoms with Gasteiger partial charge in [-0.05, 0) is 31.2 Å². The van der Waals surface area contributed by atoms with Gasteiger partial charge < -0.3 is 15.6 Å². The van der Waals surface area contributed by atoms with E-state index in [-0.39, 0.29) is 0 Å². The molecule has 0 spiro atoms. The lowest BCUT2D eigenvalue weighted by Gasteiger charge is -2.12. The van der Waals surface area contributed by atoms with Gasteiger partial charge in [0, 0.05) is 29.0 Å². The van der Waals surface area contributed by atoms with Gasteiger partial charge in [-0.25, -0.2) is 4.98 Å². The number of benzene rings is 2. The van der Waals surface area contributed by atoms with Gasteiger partial charge in [-0.3, -0.25) is 0 Å². The summed E-state index contributed by atoms with van der Waals surface area (Å²) in [6.45, 7) is 3.08. The van der Waals surface area contributed by atoms with Crippen molar-refractivity contribution in [3.63, 3.8) is 0 Å². The standard InChI is InChI=1S/C19H18N4/c1-2-23-17-11-4-3-7-13(17)14-8-5-9-15(18(14)23)22-16-10-6-12-21-19(16)20/h3-12,22H,2H2,1H3,(H2,20,21). The van der Waals surface area contributed by atoms with Gasteiger partial charge in [0.05, 0.1) is 16.9 Å². The first-order valence-corrected chi connectivity index (χ1v) is 7.77. The summed E-state index contributed by atoms with van der Waals surface area (Å²) in [5, 5.41) is 5.96. The van der Waals surface area contributed by atoms with Gasteiger partial charge >= 0.3 is 0 Å². The van der Waals surface area contributed by atoms with Gasteiger partial charge in [-0.15, -0.1) is 0 Å². The van der Waals surface area contributed by atoms with Crippen molar-refractivity contribution >= 4 is 39.0 Å². The van der Waals surface area contributed by atoms with Crippen molar-refractivity contribution in [1.82, 2.24) is 9.55 Å². The second-order valence-electron chi connectivity index (χ2n) is 5.52. The van der Waals surface area contributed by atoms with E-state index in [0.29, 0.717) is 5.82 Å². The number of nitrogens with two attached hydrogens (primary N) is 1. The van der Waals surface area contributed by atoms with E-state index in [1.165, 1.54) is 21.8 Å². The van der Waals surface area contributed by atoms with Crippen molar-refractivity contribution in [3.8, 4) is 0 Å². The van der Waals surface area contributed by atoms with E-state index in [2.05, 4.69) is 64.3 Å². The maximum Gasteiger partial charge on any atom is 0.147 e. The lowest BCUT2D eigenvalue weighted by Crippen LogP contribution is -2.01. The molecule has 0 atom stereocenters. The quantitative estimate of drug-likeness (QED) is 0.584. The van der Waals surface area contributed by atoms with Crippen molar-refractivity contribution in [3.05, 3.63) is 60.8 Å². The van der Waals surface area contributed by atoms with Crippen molar-refractivity contribution in [2.75, 3.05) is 11.1 Å². The molecule has 0 aliphatic heterocycles. The highest BCUT2D eigenvalue weighted by atomic mass is 15.0. The highest BCUT2D eigenvalue weighted by Gasteiger charge is 2.13. The third kappa shape index (κ3) is 2.11. The van der Waals surface area contributed by atoms with E-state index in [1.807, 2.05) is 12.1 Å². The smallest absolute Gasteiger partial charge is 0.147 e. The molecule has 0 aliphatic carbocycles. The Labute approximate surface area is 134 Å². The maximum atomic E-state index is 5.98. The Kier molecular flexibility index (Phi) is 3.15. The number of fused-ring (bicyclic) bond motifs is 3. The van der Waals surface area contributed by atoms with Crippen LogP contribution in [0.25, 0.3) is 21.8 Å². The fraction of sp³-hybridized carbons (Fsp3) is 0.105. The van der Waals surface area contributed by atoms with Gasteiger partial charge in [-0.2, -0.15) is 0 Å². The number of hydrogen-bond acceptors (Lipinski definition) is 3.